The van der Waals surface area contributed by atoms with Crippen molar-refractivity contribution < 1.29 is 13.6 Å². The number of amides is 1. The molecule has 184 valence electrons. The molecule has 3 aromatic heterocycles. The molecule has 0 aliphatic carbocycles. The summed E-state index contributed by atoms with van der Waals surface area (Å²) in [5, 5.41) is 5.23. The van der Waals surface area contributed by atoms with Crippen molar-refractivity contribution in [1.82, 2.24) is 24.6 Å². The average Bonchev–Trinajstić information content (AvgIpc) is 3.37. The van der Waals surface area contributed by atoms with Crippen LogP contribution in [0.15, 0.2) is 47.0 Å². The van der Waals surface area contributed by atoms with Crippen molar-refractivity contribution in [2.75, 3.05) is 27.2 Å². The first-order chi connectivity index (χ1) is 16.6. The van der Waals surface area contributed by atoms with Crippen molar-refractivity contribution in [2.24, 2.45) is 0 Å². The van der Waals surface area contributed by atoms with Crippen molar-refractivity contribution >= 4 is 16.9 Å². The van der Waals surface area contributed by atoms with Crippen LogP contribution in [-0.2, 0) is 6.54 Å². The van der Waals surface area contributed by atoms with Crippen molar-refractivity contribution in [2.45, 2.75) is 40.3 Å². The minimum absolute atomic E-state index is 0.0718. The highest BCUT2D eigenvalue weighted by Crippen LogP contribution is 2.31. The maximum atomic E-state index is 14.0. The van der Waals surface area contributed by atoms with Gasteiger partial charge in [0.05, 0.1) is 22.8 Å². The van der Waals surface area contributed by atoms with Crippen LogP contribution in [0.3, 0.4) is 0 Å². The molecule has 0 aliphatic rings. The van der Waals surface area contributed by atoms with Gasteiger partial charge in [-0.15, -0.1) is 0 Å². The zero-order valence-corrected chi connectivity index (χ0v) is 21.2. The minimum atomic E-state index is -0.319. The molecule has 8 heteroatoms. The van der Waals surface area contributed by atoms with Crippen LogP contribution < -0.4 is 0 Å². The van der Waals surface area contributed by atoms with E-state index in [0.29, 0.717) is 41.9 Å². The van der Waals surface area contributed by atoms with Crippen molar-refractivity contribution in [1.29, 1.82) is 0 Å². The molecule has 1 aromatic carbocycles. The minimum Gasteiger partial charge on any atom is -0.466 e. The maximum Gasteiger partial charge on any atom is 0.255 e. The molecule has 4 rings (SSSR count). The molecule has 0 atom stereocenters. The maximum absolute atomic E-state index is 14.0. The molecule has 0 radical (unpaired) electrons. The summed E-state index contributed by atoms with van der Waals surface area (Å²) in [5.41, 5.74) is 3.42. The number of carbonyl (C=O) groups excluding carboxylic acids is 1. The standard InChI is InChI=1S/C27H32FN5O2/c1-17(2)33-26-24(15-29-33)23(14-25(30-26)22-12-18(3)35-19(22)4)27(34)32(11-10-31(5)6)16-20-8-7-9-21(28)13-20/h7-9,12-15,17H,10-11,16H2,1-6H3. The van der Waals surface area contributed by atoms with E-state index < -0.39 is 0 Å². The smallest absolute Gasteiger partial charge is 0.255 e. The fraction of sp³-hybridized carbons (Fsp3) is 0.370. The van der Waals surface area contributed by atoms with E-state index in [1.165, 1.54) is 12.1 Å². The molecule has 1 amide bonds. The lowest BCUT2D eigenvalue weighted by molar-refractivity contribution is 0.0733. The van der Waals surface area contributed by atoms with Crippen LogP contribution >= 0.6 is 0 Å². The molecule has 0 saturated carbocycles. The van der Waals surface area contributed by atoms with Crippen LogP contribution in [0.5, 0.6) is 0 Å². The number of hydrogen-bond donors (Lipinski definition) is 0. The van der Waals surface area contributed by atoms with E-state index in [9.17, 15) is 9.18 Å². The van der Waals surface area contributed by atoms with Crippen LogP contribution in [0.25, 0.3) is 22.3 Å². The van der Waals surface area contributed by atoms with E-state index in [1.807, 2.05) is 69.6 Å². The molecule has 0 bridgehead atoms. The highest BCUT2D eigenvalue weighted by atomic mass is 19.1. The van der Waals surface area contributed by atoms with Crippen molar-refractivity contribution in [3.8, 4) is 11.3 Å². The van der Waals surface area contributed by atoms with E-state index in [2.05, 4.69) is 5.10 Å². The zero-order chi connectivity index (χ0) is 25.3. The molecule has 0 spiro atoms. The van der Waals surface area contributed by atoms with Crippen LogP contribution in [0.1, 0.15) is 47.3 Å². The number of furan rings is 1. The van der Waals surface area contributed by atoms with E-state index in [0.717, 1.165) is 22.6 Å². The molecule has 0 aliphatic heterocycles. The summed E-state index contributed by atoms with van der Waals surface area (Å²) < 4.78 is 21.5. The van der Waals surface area contributed by atoms with Gasteiger partial charge in [0.1, 0.15) is 17.3 Å². The summed E-state index contributed by atoms with van der Waals surface area (Å²) >= 11 is 0. The Kier molecular flexibility index (Phi) is 7.03. The number of pyridine rings is 1. The Morgan fingerprint density at radius 2 is 1.91 bits per heavy atom. The first-order valence-corrected chi connectivity index (χ1v) is 11.8. The number of nitrogens with zero attached hydrogens (tertiary/aromatic N) is 5. The van der Waals surface area contributed by atoms with Gasteiger partial charge in [0.2, 0.25) is 0 Å². The molecule has 3 heterocycles. The van der Waals surface area contributed by atoms with Crippen molar-refractivity contribution in [3.63, 3.8) is 0 Å². The van der Waals surface area contributed by atoms with Gasteiger partial charge in [0, 0.05) is 31.2 Å². The van der Waals surface area contributed by atoms with Crippen molar-refractivity contribution in [3.05, 3.63) is 71.1 Å². The quantitative estimate of drug-likeness (QED) is 0.348. The Hall–Kier alpha value is -3.52. The number of benzene rings is 1. The summed E-state index contributed by atoms with van der Waals surface area (Å²) in [4.78, 5) is 22.7. The number of aryl methyl sites for hydroxylation is 2. The third-order valence-electron chi connectivity index (χ3n) is 5.97. The second kappa shape index (κ2) is 10.00. The van der Waals surface area contributed by atoms with Gasteiger partial charge >= 0.3 is 0 Å². The third kappa shape index (κ3) is 5.27. The summed E-state index contributed by atoms with van der Waals surface area (Å²) in [6.07, 6.45) is 1.71. The summed E-state index contributed by atoms with van der Waals surface area (Å²) in [5.74, 6) is 1.06. The Balaban J connectivity index is 1.84. The first-order valence-electron chi connectivity index (χ1n) is 11.8. The van der Waals surface area contributed by atoms with E-state index >= 15 is 0 Å². The van der Waals surface area contributed by atoms with Gasteiger partial charge in [-0.25, -0.2) is 14.1 Å². The molecular formula is C27H32FN5O2. The lowest BCUT2D eigenvalue weighted by Gasteiger charge is -2.25. The van der Waals surface area contributed by atoms with Gasteiger partial charge in [-0.05, 0) is 71.6 Å². The highest BCUT2D eigenvalue weighted by molar-refractivity contribution is 6.06. The number of likely N-dealkylation sites (N-methyl/N-ethyl adjacent to an activating group) is 1. The molecule has 0 saturated heterocycles. The molecule has 4 aromatic rings. The van der Waals surface area contributed by atoms with Gasteiger partial charge < -0.3 is 14.2 Å². The molecule has 35 heavy (non-hydrogen) atoms. The van der Waals surface area contributed by atoms with E-state index in [1.54, 1.807) is 17.2 Å². The normalized spacial score (nSPS) is 11.7. The Morgan fingerprint density at radius 1 is 1.14 bits per heavy atom. The molecule has 7 nitrogen and oxygen atoms in total. The number of carbonyl (C=O) groups is 1. The summed E-state index contributed by atoms with van der Waals surface area (Å²) in [6.45, 7) is 9.30. The molecule has 0 fully saturated rings. The van der Waals surface area contributed by atoms with Gasteiger partial charge in [0.15, 0.2) is 5.65 Å². The molecule has 0 N–H and O–H groups in total. The number of rotatable bonds is 8. The van der Waals surface area contributed by atoms with Gasteiger partial charge in [0.25, 0.3) is 5.91 Å². The van der Waals surface area contributed by atoms with Gasteiger partial charge in [-0.3, -0.25) is 4.79 Å². The second-order valence-electron chi connectivity index (χ2n) is 9.46. The van der Waals surface area contributed by atoms with E-state index in [-0.39, 0.29) is 17.8 Å². The molecular weight excluding hydrogens is 445 g/mol. The van der Waals surface area contributed by atoms with E-state index in [4.69, 9.17) is 9.40 Å². The fourth-order valence-electron chi connectivity index (χ4n) is 4.20. The SMILES string of the molecule is Cc1cc(-c2cc(C(=O)N(CCN(C)C)Cc3cccc(F)c3)c3cnn(C(C)C)c3n2)c(C)o1. The van der Waals surface area contributed by atoms with Crippen LogP contribution in [0.2, 0.25) is 0 Å². The first kappa shape index (κ1) is 24.6. The third-order valence-corrected chi connectivity index (χ3v) is 5.97. The largest absolute Gasteiger partial charge is 0.466 e. The monoisotopic (exact) mass is 477 g/mol. The Bertz CT molecular complexity index is 1360. The van der Waals surface area contributed by atoms with Crippen LogP contribution in [-0.4, -0.2) is 57.7 Å². The lowest BCUT2D eigenvalue weighted by atomic mass is 10.1. The number of halogens is 1. The second-order valence-corrected chi connectivity index (χ2v) is 9.46. The fourth-order valence-corrected chi connectivity index (χ4v) is 4.20. The topological polar surface area (TPSA) is 67.4 Å². The Morgan fingerprint density at radius 3 is 2.54 bits per heavy atom. The number of fused-ring (bicyclic) bond motifs is 1. The van der Waals surface area contributed by atoms with Crippen LogP contribution in [0, 0.1) is 19.7 Å². The summed E-state index contributed by atoms with van der Waals surface area (Å²) in [7, 11) is 3.93. The lowest BCUT2D eigenvalue weighted by Crippen LogP contribution is -2.36. The van der Waals surface area contributed by atoms with Crippen LogP contribution in [0.4, 0.5) is 4.39 Å². The Labute approximate surface area is 205 Å². The number of hydrogen-bond acceptors (Lipinski definition) is 5. The number of aromatic nitrogens is 3. The van der Waals surface area contributed by atoms with Gasteiger partial charge in [-0.1, -0.05) is 12.1 Å². The highest BCUT2D eigenvalue weighted by Gasteiger charge is 2.24. The van der Waals surface area contributed by atoms with Gasteiger partial charge in [-0.2, -0.15) is 5.10 Å². The average molecular weight is 478 g/mol. The summed E-state index contributed by atoms with van der Waals surface area (Å²) in [6, 6.07) is 10.2. The predicted molar refractivity (Wildman–Crippen MR) is 135 cm³/mol. The predicted octanol–water partition coefficient (Wildman–Crippen LogP) is 5.23. The molecule has 0 unspecified atom stereocenters. The zero-order valence-electron chi connectivity index (χ0n) is 21.2.